The Morgan fingerprint density at radius 3 is 2.45 bits per heavy atom. The van der Waals surface area contributed by atoms with Gasteiger partial charge in [-0.05, 0) is 23.8 Å². The minimum Gasteiger partial charge on any atom is -0.354 e. The predicted molar refractivity (Wildman–Crippen MR) is 119 cm³/mol. The molecule has 1 N–H and O–H groups in total. The van der Waals surface area contributed by atoms with Crippen LogP contribution in [-0.4, -0.2) is 39.4 Å². The molecule has 0 spiro atoms. The van der Waals surface area contributed by atoms with Gasteiger partial charge in [-0.25, -0.2) is 12.8 Å². The predicted octanol–water partition coefficient (Wildman–Crippen LogP) is 4.60. The highest BCUT2D eigenvalue weighted by Gasteiger charge is 2.24. The van der Waals surface area contributed by atoms with Gasteiger partial charge < -0.3 is 5.32 Å². The number of sulfonamides is 1. The summed E-state index contributed by atoms with van der Waals surface area (Å²) in [5.74, 6) is 0.221. The standard InChI is InChI=1S/C18H18Cl3FN2O3S2/c1-29(26,27)24(17-9-14(20)13(19)8-15(17)21)10-18(25)23-6-7-28-11-12-4-2-3-5-16(12)22/h2-5,8-9H,6-7,10-11H2,1H3,(H,23,25). The average molecular weight is 500 g/mol. The first-order valence-electron chi connectivity index (χ1n) is 8.29. The second kappa shape index (κ2) is 10.7. The molecule has 0 aliphatic rings. The van der Waals surface area contributed by atoms with Crippen molar-refractivity contribution < 1.29 is 17.6 Å². The second-order valence-corrected chi connectivity index (χ2v) is 10.2. The van der Waals surface area contributed by atoms with Crippen LogP contribution in [0.3, 0.4) is 0 Å². The van der Waals surface area contributed by atoms with E-state index in [1.807, 2.05) is 0 Å². The van der Waals surface area contributed by atoms with E-state index in [-0.39, 0.29) is 26.6 Å². The van der Waals surface area contributed by atoms with Gasteiger partial charge in [0.05, 0.1) is 27.0 Å². The summed E-state index contributed by atoms with van der Waals surface area (Å²) in [6.45, 7) is -0.168. The first-order valence-corrected chi connectivity index (χ1v) is 12.4. The fourth-order valence-electron chi connectivity index (χ4n) is 2.33. The van der Waals surface area contributed by atoms with E-state index in [1.165, 1.54) is 30.0 Å². The molecule has 2 aromatic rings. The minimum absolute atomic E-state index is 0.0538. The van der Waals surface area contributed by atoms with Crippen molar-refractivity contribution in [1.29, 1.82) is 0 Å². The first kappa shape index (κ1) is 24.1. The summed E-state index contributed by atoms with van der Waals surface area (Å²) in [4.78, 5) is 12.2. The summed E-state index contributed by atoms with van der Waals surface area (Å²) in [5, 5.41) is 2.98. The molecule has 29 heavy (non-hydrogen) atoms. The van der Waals surface area contributed by atoms with Crippen LogP contribution < -0.4 is 9.62 Å². The summed E-state index contributed by atoms with van der Waals surface area (Å²) < 4.78 is 38.7. The van der Waals surface area contributed by atoms with Crippen molar-refractivity contribution >= 4 is 68.2 Å². The minimum atomic E-state index is -3.80. The fourth-order valence-corrected chi connectivity index (χ4v) is 4.73. The van der Waals surface area contributed by atoms with E-state index in [2.05, 4.69) is 5.32 Å². The van der Waals surface area contributed by atoms with Gasteiger partial charge >= 0.3 is 0 Å². The number of nitrogens with zero attached hydrogens (tertiary/aromatic N) is 1. The van der Waals surface area contributed by atoms with Crippen molar-refractivity contribution in [1.82, 2.24) is 5.32 Å². The van der Waals surface area contributed by atoms with Gasteiger partial charge in [-0.2, -0.15) is 11.8 Å². The molecular formula is C18H18Cl3FN2O3S2. The van der Waals surface area contributed by atoms with Gasteiger partial charge in [0, 0.05) is 18.1 Å². The van der Waals surface area contributed by atoms with E-state index in [9.17, 15) is 17.6 Å². The Kier molecular flexibility index (Phi) is 8.91. The van der Waals surface area contributed by atoms with Crippen LogP contribution in [0.4, 0.5) is 10.1 Å². The molecule has 0 radical (unpaired) electrons. The van der Waals surface area contributed by atoms with E-state index in [0.29, 0.717) is 23.6 Å². The number of hydrogen-bond donors (Lipinski definition) is 1. The molecular weight excluding hydrogens is 482 g/mol. The number of benzene rings is 2. The molecule has 5 nitrogen and oxygen atoms in total. The summed E-state index contributed by atoms with van der Waals surface area (Å²) in [6, 6.07) is 9.09. The summed E-state index contributed by atoms with van der Waals surface area (Å²) in [5.41, 5.74) is 0.647. The van der Waals surface area contributed by atoms with Gasteiger partial charge in [0.25, 0.3) is 0 Å². The molecule has 1 amide bonds. The molecule has 158 valence electrons. The van der Waals surface area contributed by atoms with Crippen molar-refractivity contribution in [2.24, 2.45) is 0 Å². The zero-order valence-electron chi connectivity index (χ0n) is 15.3. The third kappa shape index (κ3) is 7.22. The quantitative estimate of drug-likeness (QED) is 0.404. The molecule has 2 rings (SSSR count). The summed E-state index contributed by atoms with van der Waals surface area (Å²) in [7, 11) is -3.80. The third-order valence-corrected chi connectivity index (χ3v) is 6.89. The fraction of sp³-hybridized carbons (Fsp3) is 0.278. The van der Waals surface area contributed by atoms with E-state index < -0.39 is 22.5 Å². The Morgan fingerprint density at radius 1 is 1.14 bits per heavy atom. The lowest BCUT2D eigenvalue weighted by molar-refractivity contribution is -0.119. The van der Waals surface area contributed by atoms with E-state index in [0.717, 1.165) is 10.6 Å². The number of anilines is 1. The zero-order valence-corrected chi connectivity index (χ0v) is 19.2. The van der Waals surface area contributed by atoms with E-state index in [4.69, 9.17) is 34.8 Å². The van der Waals surface area contributed by atoms with E-state index in [1.54, 1.807) is 18.2 Å². The maximum Gasteiger partial charge on any atom is 0.240 e. The molecule has 2 aromatic carbocycles. The Hall–Kier alpha value is -1.19. The van der Waals surface area contributed by atoms with Gasteiger partial charge in [0.2, 0.25) is 15.9 Å². The number of carbonyl (C=O) groups is 1. The number of nitrogens with one attached hydrogen (secondary N) is 1. The summed E-state index contributed by atoms with van der Waals surface area (Å²) >= 11 is 19.4. The molecule has 11 heteroatoms. The van der Waals surface area contributed by atoms with E-state index >= 15 is 0 Å². The molecule has 0 unspecified atom stereocenters. The summed E-state index contributed by atoms with van der Waals surface area (Å²) in [6.07, 6.45) is 0.962. The van der Waals surface area contributed by atoms with Crippen molar-refractivity contribution in [3.8, 4) is 0 Å². The van der Waals surface area contributed by atoms with Crippen LogP contribution in [0.15, 0.2) is 36.4 Å². The Morgan fingerprint density at radius 2 is 1.79 bits per heavy atom. The van der Waals surface area contributed by atoms with Gasteiger partial charge in [0.15, 0.2) is 0 Å². The van der Waals surface area contributed by atoms with Crippen LogP contribution in [0.2, 0.25) is 15.1 Å². The largest absolute Gasteiger partial charge is 0.354 e. The molecule has 0 aliphatic carbocycles. The normalized spacial score (nSPS) is 11.3. The molecule has 0 bridgehead atoms. The highest BCUT2D eigenvalue weighted by Crippen LogP contribution is 2.35. The van der Waals surface area contributed by atoms with Crippen molar-refractivity contribution in [2.75, 3.05) is 29.4 Å². The Labute approximate surface area is 188 Å². The molecule has 0 aliphatic heterocycles. The molecule has 0 fully saturated rings. The number of halogens is 4. The lowest BCUT2D eigenvalue weighted by Crippen LogP contribution is -2.41. The van der Waals surface area contributed by atoms with Gasteiger partial charge in [0.1, 0.15) is 12.4 Å². The number of thioether (sulfide) groups is 1. The number of rotatable bonds is 9. The van der Waals surface area contributed by atoms with Gasteiger partial charge in [-0.15, -0.1) is 0 Å². The highest BCUT2D eigenvalue weighted by molar-refractivity contribution is 7.98. The zero-order chi connectivity index (χ0) is 21.6. The third-order valence-electron chi connectivity index (χ3n) is 3.73. The molecule has 0 atom stereocenters. The lowest BCUT2D eigenvalue weighted by atomic mass is 10.2. The van der Waals surface area contributed by atoms with Crippen LogP contribution in [0, 0.1) is 5.82 Å². The van der Waals surface area contributed by atoms with Gasteiger partial charge in [-0.3, -0.25) is 9.10 Å². The van der Waals surface area contributed by atoms with Gasteiger partial charge in [-0.1, -0.05) is 53.0 Å². The first-order chi connectivity index (χ1) is 13.6. The molecule has 0 saturated carbocycles. The SMILES string of the molecule is CS(=O)(=O)N(CC(=O)NCCSCc1ccccc1F)c1cc(Cl)c(Cl)cc1Cl. The maximum atomic E-state index is 13.6. The maximum absolute atomic E-state index is 13.6. The Balaban J connectivity index is 1.92. The lowest BCUT2D eigenvalue weighted by Gasteiger charge is -2.23. The van der Waals surface area contributed by atoms with Crippen LogP contribution >= 0.6 is 46.6 Å². The van der Waals surface area contributed by atoms with Crippen molar-refractivity contribution in [2.45, 2.75) is 5.75 Å². The average Bonchev–Trinajstić information content (AvgIpc) is 2.63. The van der Waals surface area contributed by atoms with Crippen LogP contribution in [-0.2, 0) is 20.6 Å². The smallest absolute Gasteiger partial charge is 0.240 e. The van der Waals surface area contributed by atoms with Crippen LogP contribution in [0.25, 0.3) is 0 Å². The monoisotopic (exact) mass is 498 g/mol. The Bertz CT molecular complexity index is 990. The highest BCUT2D eigenvalue weighted by atomic mass is 35.5. The van der Waals surface area contributed by atoms with Crippen LogP contribution in [0.5, 0.6) is 0 Å². The number of hydrogen-bond acceptors (Lipinski definition) is 4. The van der Waals surface area contributed by atoms with Crippen molar-refractivity contribution in [3.05, 3.63) is 62.8 Å². The number of amides is 1. The topological polar surface area (TPSA) is 66.5 Å². The molecule has 0 saturated heterocycles. The second-order valence-electron chi connectivity index (χ2n) is 5.98. The number of carbonyl (C=O) groups excluding carboxylic acids is 1. The molecule has 0 aromatic heterocycles. The van der Waals surface area contributed by atoms with Crippen molar-refractivity contribution in [3.63, 3.8) is 0 Å². The molecule has 0 heterocycles. The van der Waals surface area contributed by atoms with Crippen LogP contribution in [0.1, 0.15) is 5.56 Å².